The number of benzene rings is 2. The summed E-state index contributed by atoms with van der Waals surface area (Å²) in [6.45, 7) is 17.4. The number of hydrogen-bond acceptors (Lipinski definition) is 6. The molecule has 4 atom stereocenters. The first-order chi connectivity index (χ1) is 22.4. The lowest BCUT2D eigenvalue weighted by molar-refractivity contribution is -0.160. The van der Waals surface area contributed by atoms with E-state index >= 15 is 0 Å². The second kappa shape index (κ2) is 13.6. The van der Waals surface area contributed by atoms with Gasteiger partial charge in [-0.05, 0) is 95.7 Å². The number of carbonyl (C=O) groups excluding carboxylic acids is 2. The van der Waals surface area contributed by atoms with Gasteiger partial charge in [0.05, 0.1) is 24.5 Å². The van der Waals surface area contributed by atoms with Gasteiger partial charge in [-0.15, -0.1) is 0 Å². The van der Waals surface area contributed by atoms with Gasteiger partial charge in [-0.1, -0.05) is 25.1 Å². The summed E-state index contributed by atoms with van der Waals surface area (Å²) in [7, 11) is 1.64. The van der Waals surface area contributed by atoms with Gasteiger partial charge in [0.25, 0.3) is 0 Å². The Morgan fingerprint density at radius 2 is 1.48 bits per heavy atom. The van der Waals surface area contributed by atoms with E-state index in [2.05, 4.69) is 32.6 Å². The molecule has 2 aromatic rings. The number of likely N-dealkylation sites (tertiary alicyclic amines) is 2. The molecule has 2 aromatic carbocycles. The molecule has 0 spiro atoms. The highest BCUT2D eigenvalue weighted by molar-refractivity contribution is 5.81. The zero-order valence-electron chi connectivity index (χ0n) is 29.7. The van der Waals surface area contributed by atoms with E-state index in [1.165, 1.54) is 12.1 Å². The monoisotopic (exact) mass is 671 g/mol. The number of carbonyl (C=O) groups is 2. The number of hydrogen-bond donors (Lipinski definition) is 0. The summed E-state index contributed by atoms with van der Waals surface area (Å²) >= 11 is 0. The zero-order chi connectivity index (χ0) is 35.2. The molecule has 3 heterocycles. The van der Waals surface area contributed by atoms with Gasteiger partial charge in [-0.25, -0.2) is 0 Å². The van der Waals surface area contributed by atoms with E-state index in [4.69, 9.17) is 9.47 Å². The highest BCUT2D eigenvalue weighted by Gasteiger charge is 2.46. The Morgan fingerprint density at radius 3 is 2.04 bits per heavy atom. The normalized spacial score (nSPS) is 24.6. The van der Waals surface area contributed by atoms with Crippen molar-refractivity contribution in [3.8, 4) is 5.75 Å². The number of methoxy groups -OCH3 is 1. The van der Waals surface area contributed by atoms with Gasteiger partial charge in [0, 0.05) is 62.3 Å². The Balaban J connectivity index is 1.38. The van der Waals surface area contributed by atoms with Crippen LogP contribution in [0, 0.1) is 17.8 Å². The van der Waals surface area contributed by atoms with E-state index in [-0.39, 0.29) is 47.0 Å². The van der Waals surface area contributed by atoms with Crippen molar-refractivity contribution < 1.29 is 32.2 Å². The molecule has 0 aromatic heterocycles. The molecule has 3 fully saturated rings. The molecule has 3 aliphatic rings. The first-order valence-electron chi connectivity index (χ1n) is 17.2. The maximum absolute atomic E-state index is 14.4. The molecule has 0 radical (unpaired) electrons. The molecule has 3 saturated heterocycles. The lowest BCUT2D eigenvalue weighted by Gasteiger charge is -2.36. The molecule has 264 valence electrons. The van der Waals surface area contributed by atoms with Gasteiger partial charge < -0.3 is 19.3 Å². The van der Waals surface area contributed by atoms with Crippen LogP contribution in [0.1, 0.15) is 89.8 Å². The highest BCUT2D eigenvalue weighted by atomic mass is 19.4. The summed E-state index contributed by atoms with van der Waals surface area (Å²) in [4.78, 5) is 33.4. The molecule has 1 amide bonds. The Kier molecular flexibility index (Phi) is 10.2. The van der Waals surface area contributed by atoms with Crippen molar-refractivity contribution in [3.05, 3.63) is 59.2 Å². The summed E-state index contributed by atoms with van der Waals surface area (Å²) in [5.74, 6) is 0.0550. The van der Waals surface area contributed by atoms with Crippen LogP contribution < -0.4 is 9.64 Å². The molecule has 5 rings (SSSR count). The van der Waals surface area contributed by atoms with Crippen molar-refractivity contribution in [2.75, 3.05) is 51.3 Å². The first-order valence-corrected chi connectivity index (χ1v) is 17.2. The van der Waals surface area contributed by atoms with Gasteiger partial charge in [0.2, 0.25) is 5.91 Å². The Morgan fingerprint density at radius 1 is 0.833 bits per heavy atom. The number of rotatable bonds is 6. The summed E-state index contributed by atoms with van der Waals surface area (Å²) < 4.78 is 52.9. The Hall–Kier alpha value is -3.27. The number of esters is 1. The molecule has 48 heavy (non-hydrogen) atoms. The largest absolute Gasteiger partial charge is 0.497 e. The molecule has 3 aliphatic heterocycles. The van der Waals surface area contributed by atoms with E-state index in [1.54, 1.807) is 13.2 Å². The van der Waals surface area contributed by atoms with Crippen molar-refractivity contribution in [1.82, 2.24) is 9.80 Å². The summed E-state index contributed by atoms with van der Waals surface area (Å²) in [5.41, 5.74) is 1.09. The molecule has 7 nitrogen and oxygen atoms in total. The number of halogens is 3. The molecule has 0 aliphatic carbocycles. The minimum absolute atomic E-state index is 0.0184. The topological polar surface area (TPSA) is 62.3 Å². The van der Waals surface area contributed by atoms with Crippen molar-refractivity contribution in [3.63, 3.8) is 0 Å². The van der Waals surface area contributed by atoms with Gasteiger partial charge >= 0.3 is 12.1 Å². The van der Waals surface area contributed by atoms with Crippen LogP contribution in [-0.4, -0.2) is 79.2 Å². The smallest absolute Gasteiger partial charge is 0.416 e. The van der Waals surface area contributed by atoms with E-state index < -0.39 is 17.3 Å². The molecule has 0 N–H and O–H groups in total. The molecule has 10 heteroatoms. The average Bonchev–Trinajstić information content (AvgIpc) is 3.64. The zero-order valence-corrected chi connectivity index (χ0v) is 29.7. The third-order valence-electron chi connectivity index (χ3n) is 10.4. The quantitative estimate of drug-likeness (QED) is 0.300. The molecule has 1 unspecified atom stereocenters. The maximum atomic E-state index is 14.4. The average molecular weight is 672 g/mol. The third kappa shape index (κ3) is 7.95. The number of anilines is 1. The predicted molar refractivity (Wildman–Crippen MR) is 181 cm³/mol. The van der Waals surface area contributed by atoms with Crippen LogP contribution in [0.25, 0.3) is 0 Å². The van der Waals surface area contributed by atoms with Crippen LogP contribution in [0.5, 0.6) is 5.75 Å². The summed E-state index contributed by atoms with van der Waals surface area (Å²) in [6.07, 6.45) is -3.47. The second-order valence-corrected chi connectivity index (χ2v) is 16.0. The van der Waals surface area contributed by atoms with Crippen molar-refractivity contribution >= 4 is 17.6 Å². The number of amides is 1. The number of ether oxygens (including phenoxy) is 2. The van der Waals surface area contributed by atoms with Crippen LogP contribution in [0.4, 0.5) is 18.9 Å². The molecule has 0 saturated carbocycles. The standard InChI is InChI=1S/C38H52F3N3O4/c1-24-20-43(34(45)32-23-44(36(2,3)4)22-31(32)25-9-12-28(47-8)13-10-25)21-30(24)29-14-11-27(38(39,40)41)19-33(29)42-17-15-26(16-18-42)35(46)48-37(5,6)7/h9-14,19,24,26,30-32H,15-18,20-23H2,1-8H3/t24-,30-,31-,32?/m0/s1. The fraction of sp³-hybridized carbons (Fsp3) is 0.632. The van der Waals surface area contributed by atoms with Crippen LogP contribution in [0.15, 0.2) is 42.5 Å². The van der Waals surface area contributed by atoms with Crippen molar-refractivity contribution in [2.45, 2.75) is 90.5 Å². The van der Waals surface area contributed by atoms with Gasteiger partial charge in [0.15, 0.2) is 0 Å². The predicted octanol–water partition coefficient (Wildman–Crippen LogP) is 7.35. The number of nitrogens with zero attached hydrogens (tertiary/aromatic N) is 3. The van der Waals surface area contributed by atoms with Gasteiger partial charge in [0.1, 0.15) is 11.4 Å². The maximum Gasteiger partial charge on any atom is 0.416 e. The van der Waals surface area contributed by atoms with Crippen LogP contribution in [0.2, 0.25) is 0 Å². The van der Waals surface area contributed by atoms with Crippen LogP contribution >= 0.6 is 0 Å². The van der Waals surface area contributed by atoms with E-state index in [9.17, 15) is 22.8 Å². The van der Waals surface area contributed by atoms with Crippen molar-refractivity contribution in [2.24, 2.45) is 17.8 Å². The molecular formula is C38H52F3N3O4. The van der Waals surface area contributed by atoms with Gasteiger partial charge in [-0.2, -0.15) is 13.2 Å². The summed E-state index contributed by atoms with van der Waals surface area (Å²) in [5, 5.41) is 0. The first kappa shape index (κ1) is 36.0. The minimum Gasteiger partial charge on any atom is -0.497 e. The number of alkyl halides is 3. The van der Waals surface area contributed by atoms with E-state index in [0.29, 0.717) is 51.3 Å². The third-order valence-corrected chi connectivity index (χ3v) is 10.4. The second-order valence-electron chi connectivity index (χ2n) is 16.0. The fourth-order valence-corrected chi connectivity index (χ4v) is 7.63. The van der Waals surface area contributed by atoms with E-state index in [0.717, 1.165) is 23.4 Å². The Labute approximate surface area is 283 Å². The minimum atomic E-state index is -4.48. The Bertz CT molecular complexity index is 1460. The van der Waals surface area contributed by atoms with Crippen LogP contribution in [0.3, 0.4) is 0 Å². The lowest BCUT2D eigenvalue weighted by atomic mass is 9.87. The summed E-state index contributed by atoms with van der Waals surface area (Å²) in [6, 6.07) is 12.0. The molecular weight excluding hydrogens is 619 g/mol. The van der Waals surface area contributed by atoms with Crippen LogP contribution in [-0.2, 0) is 20.5 Å². The lowest BCUT2D eigenvalue weighted by Crippen LogP contribution is -2.41. The van der Waals surface area contributed by atoms with E-state index in [1.807, 2.05) is 54.8 Å². The fourth-order valence-electron chi connectivity index (χ4n) is 7.63. The molecule has 0 bridgehead atoms. The van der Waals surface area contributed by atoms with Gasteiger partial charge in [-0.3, -0.25) is 14.5 Å². The highest BCUT2D eigenvalue weighted by Crippen LogP contribution is 2.44. The SMILES string of the molecule is COc1ccc([C@@H]2CN(C(C)(C)C)CC2C(=O)N2C[C@H](c3ccc(C(F)(F)F)cc3N3CCC(C(=O)OC(C)(C)C)CC3)[C@@H](C)C2)cc1. The number of piperidine rings is 1. The van der Waals surface area contributed by atoms with Crippen molar-refractivity contribution in [1.29, 1.82) is 0 Å².